The monoisotopic (exact) mass is 253 g/mol. The summed E-state index contributed by atoms with van der Waals surface area (Å²) < 4.78 is 5.21. The molecule has 0 aromatic carbocycles. The summed E-state index contributed by atoms with van der Waals surface area (Å²) in [7, 11) is 0. The van der Waals surface area contributed by atoms with Gasteiger partial charge in [0, 0.05) is 6.54 Å². The highest BCUT2D eigenvalue weighted by Gasteiger charge is 2.63. The van der Waals surface area contributed by atoms with Crippen molar-refractivity contribution in [2.24, 2.45) is 34.3 Å². The van der Waals surface area contributed by atoms with Gasteiger partial charge < -0.3 is 10.5 Å². The fraction of sp³-hybridized carbons (Fsp3) is 0.933. The average molecular weight is 253 g/mol. The lowest BCUT2D eigenvalue weighted by atomic mass is 9.63. The number of nitrogens with two attached hydrogens (primary N) is 1. The van der Waals surface area contributed by atoms with Gasteiger partial charge in [-0.25, -0.2) is 0 Å². The van der Waals surface area contributed by atoms with Gasteiger partial charge in [0.2, 0.25) is 0 Å². The highest BCUT2D eigenvalue weighted by Crippen LogP contribution is 2.69. The third-order valence-electron chi connectivity index (χ3n) is 6.19. The van der Waals surface area contributed by atoms with E-state index in [0.717, 1.165) is 12.3 Å². The molecule has 2 bridgehead atoms. The normalized spacial score (nSPS) is 38.7. The van der Waals surface area contributed by atoms with Crippen molar-refractivity contribution in [3.63, 3.8) is 0 Å². The summed E-state index contributed by atoms with van der Waals surface area (Å²) in [5.74, 6) is 0.945. The van der Waals surface area contributed by atoms with E-state index in [4.69, 9.17) is 10.5 Å². The van der Waals surface area contributed by atoms with Crippen LogP contribution in [0, 0.1) is 28.6 Å². The van der Waals surface area contributed by atoms with Gasteiger partial charge in [-0.15, -0.1) is 0 Å². The fourth-order valence-corrected chi connectivity index (χ4v) is 4.55. The summed E-state index contributed by atoms with van der Waals surface area (Å²) in [5, 5.41) is 0. The molecule has 0 unspecified atom stereocenters. The van der Waals surface area contributed by atoms with E-state index in [1.165, 1.54) is 12.8 Å². The van der Waals surface area contributed by atoms with Crippen LogP contribution in [0.2, 0.25) is 0 Å². The Kier molecular flexibility index (Phi) is 3.48. The van der Waals surface area contributed by atoms with Crippen molar-refractivity contribution < 1.29 is 9.53 Å². The minimum absolute atomic E-state index is 0.0884. The minimum atomic E-state index is -0.112. The zero-order chi connectivity index (χ0) is 13.6. The predicted molar refractivity (Wildman–Crippen MR) is 71.9 cm³/mol. The third-order valence-corrected chi connectivity index (χ3v) is 6.19. The van der Waals surface area contributed by atoms with E-state index in [-0.39, 0.29) is 17.3 Å². The molecule has 0 amide bonds. The number of hydrogen-bond donors (Lipinski definition) is 1. The molecular formula is C15H27NO2. The SMILES string of the molecule is CCOC(=O)[C@H](CN)[C@H]1C[C@@H]2CC[C@]1(C)C2(C)C. The lowest BCUT2D eigenvalue weighted by molar-refractivity contribution is -0.152. The standard InChI is InChI=1S/C15H27NO2/c1-5-18-13(17)11(9-16)12-8-10-6-7-15(12,4)14(10,2)3/h10-12H,5-9,16H2,1-4H3/t10-,11+,12+,15-/m0/s1. The van der Waals surface area contributed by atoms with E-state index in [0.29, 0.717) is 24.5 Å². The van der Waals surface area contributed by atoms with Gasteiger partial charge in [-0.3, -0.25) is 4.79 Å². The topological polar surface area (TPSA) is 52.3 Å². The van der Waals surface area contributed by atoms with Gasteiger partial charge in [0.05, 0.1) is 12.5 Å². The first kappa shape index (κ1) is 13.9. The number of esters is 1. The molecule has 2 rings (SSSR count). The van der Waals surface area contributed by atoms with E-state index in [9.17, 15) is 4.79 Å². The van der Waals surface area contributed by atoms with E-state index < -0.39 is 0 Å². The van der Waals surface area contributed by atoms with Crippen LogP contribution in [0.15, 0.2) is 0 Å². The summed E-state index contributed by atoms with van der Waals surface area (Å²) in [6.07, 6.45) is 3.68. The maximum absolute atomic E-state index is 12.1. The highest BCUT2D eigenvalue weighted by atomic mass is 16.5. The van der Waals surface area contributed by atoms with Crippen LogP contribution in [0.3, 0.4) is 0 Å². The predicted octanol–water partition coefficient (Wildman–Crippen LogP) is 2.59. The molecule has 3 nitrogen and oxygen atoms in total. The van der Waals surface area contributed by atoms with Crippen LogP contribution in [-0.2, 0) is 9.53 Å². The van der Waals surface area contributed by atoms with Crippen LogP contribution in [0.25, 0.3) is 0 Å². The van der Waals surface area contributed by atoms with Crippen molar-refractivity contribution in [1.29, 1.82) is 0 Å². The molecule has 0 spiro atoms. The molecular weight excluding hydrogens is 226 g/mol. The molecule has 0 aromatic heterocycles. The number of hydrogen-bond acceptors (Lipinski definition) is 3. The van der Waals surface area contributed by atoms with Crippen LogP contribution in [-0.4, -0.2) is 19.1 Å². The van der Waals surface area contributed by atoms with E-state index in [2.05, 4.69) is 20.8 Å². The second-order valence-corrected chi connectivity index (χ2v) is 6.81. The molecule has 4 atom stereocenters. The number of ether oxygens (including phenoxy) is 1. The van der Waals surface area contributed by atoms with Gasteiger partial charge in [0.15, 0.2) is 0 Å². The lowest BCUT2D eigenvalue weighted by Gasteiger charge is -2.41. The van der Waals surface area contributed by atoms with Gasteiger partial charge in [-0.2, -0.15) is 0 Å². The first-order valence-corrected chi connectivity index (χ1v) is 7.25. The van der Waals surface area contributed by atoms with Crippen molar-refractivity contribution in [2.75, 3.05) is 13.2 Å². The molecule has 2 fully saturated rings. The summed E-state index contributed by atoms with van der Waals surface area (Å²) in [4.78, 5) is 12.1. The van der Waals surface area contributed by atoms with Crippen LogP contribution >= 0.6 is 0 Å². The fourth-order valence-electron chi connectivity index (χ4n) is 4.55. The summed E-state index contributed by atoms with van der Waals surface area (Å²) in [6, 6.07) is 0. The minimum Gasteiger partial charge on any atom is -0.466 e. The zero-order valence-electron chi connectivity index (χ0n) is 12.2. The Hall–Kier alpha value is -0.570. The molecule has 2 aliphatic rings. The number of fused-ring (bicyclic) bond motifs is 2. The molecule has 104 valence electrons. The summed E-state index contributed by atoms with van der Waals surface area (Å²) in [6.45, 7) is 9.81. The largest absolute Gasteiger partial charge is 0.466 e. The molecule has 18 heavy (non-hydrogen) atoms. The van der Waals surface area contributed by atoms with E-state index in [1.807, 2.05) is 6.92 Å². The Morgan fingerprint density at radius 3 is 2.50 bits per heavy atom. The number of carbonyl (C=O) groups is 1. The van der Waals surface area contributed by atoms with Gasteiger partial charge in [-0.1, -0.05) is 20.8 Å². The maximum Gasteiger partial charge on any atom is 0.310 e. The molecule has 2 aliphatic carbocycles. The van der Waals surface area contributed by atoms with Crippen molar-refractivity contribution >= 4 is 5.97 Å². The van der Waals surface area contributed by atoms with Crippen LogP contribution < -0.4 is 5.73 Å². The second kappa shape index (κ2) is 4.52. The van der Waals surface area contributed by atoms with E-state index in [1.54, 1.807) is 0 Å². The molecule has 0 aromatic rings. The van der Waals surface area contributed by atoms with Crippen LogP contribution in [0.5, 0.6) is 0 Å². The van der Waals surface area contributed by atoms with Crippen molar-refractivity contribution in [3.8, 4) is 0 Å². The quantitative estimate of drug-likeness (QED) is 0.783. The van der Waals surface area contributed by atoms with Crippen LogP contribution in [0.1, 0.15) is 47.0 Å². The first-order chi connectivity index (χ1) is 8.38. The molecule has 2 saturated carbocycles. The second-order valence-electron chi connectivity index (χ2n) is 6.81. The van der Waals surface area contributed by atoms with Gasteiger partial charge in [0.25, 0.3) is 0 Å². The molecule has 0 radical (unpaired) electrons. The van der Waals surface area contributed by atoms with Crippen molar-refractivity contribution in [3.05, 3.63) is 0 Å². The van der Waals surface area contributed by atoms with Crippen LogP contribution in [0.4, 0.5) is 0 Å². The molecule has 2 N–H and O–H groups in total. The molecule has 0 heterocycles. The van der Waals surface area contributed by atoms with Crippen molar-refractivity contribution in [2.45, 2.75) is 47.0 Å². The summed E-state index contributed by atoms with van der Waals surface area (Å²) in [5.41, 5.74) is 6.44. The Morgan fingerprint density at radius 1 is 1.44 bits per heavy atom. The van der Waals surface area contributed by atoms with Crippen molar-refractivity contribution in [1.82, 2.24) is 0 Å². The highest BCUT2D eigenvalue weighted by molar-refractivity contribution is 5.73. The third kappa shape index (κ3) is 1.70. The smallest absolute Gasteiger partial charge is 0.310 e. The number of carbonyl (C=O) groups excluding carboxylic acids is 1. The Bertz CT molecular complexity index is 339. The van der Waals surface area contributed by atoms with Gasteiger partial charge in [-0.05, 0) is 48.9 Å². The maximum atomic E-state index is 12.1. The number of rotatable bonds is 4. The molecule has 3 heteroatoms. The average Bonchev–Trinajstić information content (AvgIpc) is 2.63. The Labute approximate surface area is 110 Å². The van der Waals surface area contributed by atoms with Gasteiger partial charge in [0.1, 0.15) is 0 Å². The first-order valence-electron chi connectivity index (χ1n) is 7.25. The molecule has 0 saturated heterocycles. The molecule has 0 aliphatic heterocycles. The Morgan fingerprint density at radius 2 is 2.11 bits per heavy atom. The Balaban J connectivity index is 2.22. The van der Waals surface area contributed by atoms with E-state index >= 15 is 0 Å². The lowest BCUT2D eigenvalue weighted by Crippen LogP contribution is -2.42. The zero-order valence-corrected chi connectivity index (χ0v) is 12.2. The summed E-state index contributed by atoms with van der Waals surface area (Å²) >= 11 is 0. The van der Waals surface area contributed by atoms with Gasteiger partial charge >= 0.3 is 5.97 Å².